The summed E-state index contributed by atoms with van der Waals surface area (Å²) in [6.07, 6.45) is -0.648. The molecular weight excluding hydrogens is 381 g/mol. The monoisotopic (exact) mass is 401 g/mol. The van der Waals surface area contributed by atoms with Crippen molar-refractivity contribution in [3.05, 3.63) is 54.3 Å². The number of anilines is 1. The van der Waals surface area contributed by atoms with Crippen molar-refractivity contribution in [3.63, 3.8) is 0 Å². The third-order valence-electron chi connectivity index (χ3n) is 4.78. The minimum atomic E-state index is -0.648. The van der Waals surface area contributed by atoms with Crippen LogP contribution in [0, 0.1) is 5.82 Å². The molecule has 1 saturated heterocycles. The number of para-hydroxylation sites is 3. The van der Waals surface area contributed by atoms with E-state index in [9.17, 15) is 9.18 Å². The Morgan fingerprint density at radius 2 is 1.64 bits per heavy atom. The summed E-state index contributed by atoms with van der Waals surface area (Å²) in [5.74, 6) is 0.789. The molecule has 2 aromatic rings. The van der Waals surface area contributed by atoms with Crippen LogP contribution in [0.3, 0.4) is 0 Å². The van der Waals surface area contributed by atoms with Gasteiger partial charge in [-0.15, -0.1) is 0 Å². The van der Waals surface area contributed by atoms with Gasteiger partial charge in [0.2, 0.25) is 6.10 Å². The highest BCUT2D eigenvalue weighted by atomic mass is 32.1. The molecule has 0 unspecified atom stereocenters. The molecule has 2 heterocycles. The number of fused-ring (bicyclic) bond motifs is 1. The first-order chi connectivity index (χ1) is 13.6. The summed E-state index contributed by atoms with van der Waals surface area (Å²) in [6.45, 7) is 2.36. The Bertz CT molecular complexity index is 887. The van der Waals surface area contributed by atoms with Gasteiger partial charge in [0.05, 0.1) is 5.69 Å². The Labute approximate surface area is 167 Å². The van der Waals surface area contributed by atoms with Crippen molar-refractivity contribution in [2.75, 3.05) is 38.1 Å². The van der Waals surface area contributed by atoms with E-state index in [1.54, 1.807) is 29.2 Å². The van der Waals surface area contributed by atoms with Gasteiger partial charge in [-0.05, 0) is 36.5 Å². The summed E-state index contributed by atoms with van der Waals surface area (Å²) in [5, 5.41) is 3.38. The van der Waals surface area contributed by atoms with Crippen molar-refractivity contribution >= 4 is 28.9 Å². The van der Waals surface area contributed by atoms with E-state index in [1.165, 1.54) is 6.07 Å². The first-order valence-corrected chi connectivity index (χ1v) is 9.50. The van der Waals surface area contributed by atoms with Crippen LogP contribution >= 0.6 is 12.2 Å². The van der Waals surface area contributed by atoms with Gasteiger partial charge in [0.1, 0.15) is 12.4 Å². The van der Waals surface area contributed by atoms with E-state index in [-0.39, 0.29) is 18.3 Å². The number of halogens is 1. The zero-order valence-corrected chi connectivity index (χ0v) is 16.0. The van der Waals surface area contributed by atoms with Crippen LogP contribution in [0.1, 0.15) is 0 Å². The van der Waals surface area contributed by atoms with E-state index in [4.69, 9.17) is 21.7 Å². The average Bonchev–Trinajstić information content (AvgIpc) is 2.74. The van der Waals surface area contributed by atoms with Crippen molar-refractivity contribution in [1.82, 2.24) is 9.80 Å². The summed E-state index contributed by atoms with van der Waals surface area (Å²) in [6, 6.07) is 13.7. The van der Waals surface area contributed by atoms with Gasteiger partial charge in [0.25, 0.3) is 5.91 Å². The number of thiocarbonyl (C=S) groups is 1. The van der Waals surface area contributed by atoms with Gasteiger partial charge in [-0.2, -0.15) is 0 Å². The number of benzene rings is 2. The minimum Gasteiger partial charge on any atom is -0.485 e. The van der Waals surface area contributed by atoms with Crippen LogP contribution < -0.4 is 14.8 Å². The van der Waals surface area contributed by atoms with Crippen LogP contribution in [0.5, 0.6) is 11.5 Å². The molecule has 1 N–H and O–H groups in total. The lowest BCUT2D eigenvalue weighted by atomic mass is 10.2. The van der Waals surface area contributed by atoms with Crippen molar-refractivity contribution in [3.8, 4) is 11.5 Å². The molecule has 2 aliphatic rings. The van der Waals surface area contributed by atoms with Gasteiger partial charge in [-0.1, -0.05) is 24.3 Å². The molecule has 1 atom stereocenters. The van der Waals surface area contributed by atoms with E-state index >= 15 is 0 Å². The smallest absolute Gasteiger partial charge is 0.267 e. The number of hydrogen-bond acceptors (Lipinski definition) is 4. The summed E-state index contributed by atoms with van der Waals surface area (Å²) >= 11 is 5.39. The van der Waals surface area contributed by atoms with Gasteiger partial charge >= 0.3 is 0 Å². The predicted octanol–water partition coefficient (Wildman–Crippen LogP) is 2.51. The number of piperazine rings is 1. The molecule has 0 saturated carbocycles. The standard InChI is InChI=1S/C20H20FN3O3S/c21-14-5-1-2-6-15(14)22-20(28)24-11-9-23(10-12-24)19(25)18-13-26-16-7-3-4-8-17(16)27-18/h1-8,18H,9-13H2,(H,22,28)/t18-/m0/s1. The third-order valence-corrected chi connectivity index (χ3v) is 5.14. The highest BCUT2D eigenvalue weighted by Gasteiger charge is 2.33. The quantitative estimate of drug-likeness (QED) is 0.781. The maximum Gasteiger partial charge on any atom is 0.267 e. The van der Waals surface area contributed by atoms with Crippen LogP contribution in [0.4, 0.5) is 10.1 Å². The average molecular weight is 401 g/mol. The molecule has 0 aromatic heterocycles. The van der Waals surface area contributed by atoms with Gasteiger partial charge < -0.3 is 24.6 Å². The van der Waals surface area contributed by atoms with Crippen LogP contribution in [0.2, 0.25) is 0 Å². The highest BCUT2D eigenvalue weighted by molar-refractivity contribution is 7.80. The molecule has 6 nitrogen and oxygen atoms in total. The Kier molecular flexibility index (Phi) is 5.29. The zero-order valence-electron chi connectivity index (χ0n) is 15.1. The van der Waals surface area contributed by atoms with Crippen molar-refractivity contribution in [1.29, 1.82) is 0 Å². The Morgan fingerprint density at radius 1 is 1.00 bits per heavy atom. The second-order valence-electron chi connectivity index (χ2n) is 6.59. The van der Waals surface area contributed by atoms with Crippen molar-refractivity contribution in [2.45, 2.75) is 6.10 Å². The van der Waals surface area contributed by atoms with Gasteiger partial charge in [0, 0.05) is 26.2 Å². The van der Waals surface area contributed by atoms with Crippen molar-refractivity contribution < 1.29 is 18.7 Å². The van der Waals surface area contributed by atoms with E-state index in [2.05, 4.69) is 5.32 Å². The fourth-order valence-electron chi connectivity index (χ4n) is 3.23. The highest BCUT2D eigenvalue weighted by Crippen LogP contribution is 2.31. The van der Waals surface area contributed by atoms with Crippen LogP contribution in [0.25, 0.3) is 0 Å². The van der Waals surface area contributed by atoms with Crippen molar-refractivity contribution in [2.24, 2.45) is 0 Å². The Balaban J connectivity index is 1.31. The maximum atomic E-state index is 13.8. The molecule has 2 aliphatic heterocycles. The number of rotatable bonds is 2. The first-order valence-electron chi connectivity index (χ1n) is 9.09. The summed E-state index contributed by atoms with van der Waals surface area (Å²) in [7, 11) is 0. The van der Waals surface area contributed by atoms with E-state index in [0.717, 1.165) is 0 Å². The fraction of sp³-hybridized carbons (Fsp3) is 0.300. The molecule has 2 aromatic carbocycles. The minimum absolute atomic E-state index is 0.0952. The third kappa shape index (κ3) is 3.87. The topological polar surface area (TPSA) is 54.0 Å². The molecule has 0 aliphatic carbocycles. The Hall–Kier alpha value is -2.87. The second-order valence-corrected chi connectivity index (χ2v) is 6.97. The molecule has 1 amide bonds. The fourth-order valence-corrected chi connectivity index (χ4v) is 3.52. The zero-order chi connectivity index (χ0) is 19.5. The van der Waals surface area contributed by atoms with Crippen LogP contribution in [0.15, 0.2) is 48.5 Å². The summed E-state index contributed by atoms with van der Waals surface area (Å²) in [5.41, 5.74) is 0.345. The van der Waals surface area contributed by atoms with E-state index in [0.29, 0.717) is 48.5 Å². The second kappa shape index (κ2) is 8.02. The number of nitrogens with one attached hydrogen (secondary N) is 1. The van der Waals surface area contributed by atoms with Gasteiger partial charge in [-0.3, -0.25) is 4.79 Å². The molecule has 8 heteroatoms. The summed E-state index contributed by atoms with van der Waals surface area (Å²) in [4.78, 5) is 16.5. The largest absolute Gasteiger partial charge is 0.485 e. The number of amides is 1. The normalized spacial score (nSPS) is 18.5. The Morgan fingerprint density at radius 3 is 2.39 bits per heavy atom. The number of carbonyl (C=O) groups is 1. The number of ether oxygens (including phenoxy) is 2. The molecule has 0 bridgehead atoms. The molecule has 146 valence electrons. The molecule has 4 rings (SSSR count). The molecule has 28 heavy (non-hydrogen) atoms. The lowest BCUT2D eigenvalue weighted by Gasteiger charge is -2.38. The van der Waals surface area contributed by atoms with E-state index in [1.807, 2.05) is 23.1 Å². The maximum absolute atomic E-state index is 13.8. The number of nitrogens with zero attached hydrogens (tertiary/aromatic N) is 2. The SMILES string of the molecule is O=C([C@@H]1COc2ccccc2O1)N1CCN(C(=S)Nc2ccccc2F)CC1. The van der Waals surface area contributed by atoms with Gasteiger partial charge in [0.15, 0.2) is 16.6 Å². The predicted molar refractivity (Wildman–Crippen MR) is 107 cm³/mol. The molecule has 0 spiro atoms. The molecule has 0 radical (unpaired) electrons. The lowest BCUT2D eigenvalue weighted by Crippen LogP contribution is -2.55. The summed E-state index contributed by atoms with van der Waals surface area (Å²) < 4.78 is 25.2. The molecular formula is C20H20FN3O3S. The van der Waals surface area contributed by atoms with E-state index < -0.39 is 6.10 Å². The van der Waals surface area contributed by atoms with Crippen LogP contribution in [-0.2, 0) is 4.79 Å². The number of hydrogen-bond donors (Lipinski definition) is 1. The first kappa shape index (κ1) is 18.5. The molecule has 1 fully saturated rings. The lowest BCUT2D eigenvalue weighted by molar-refractivity contribution is -0.142. The number of carbonyl (C=O) groups excluding carboxylic acids is 1. The van der Waals surface area contributed by atoms with Gasteiger partial charge in [-0.25, -0.2) is 4.39 Å². The van der Waals surface area contributed by atoms with Crippen LogP contribution in [-0.4, -0.2) is 59.7 Å².